The smallest absolute Gasteiger partial charge is 0.414 e. The second-order valence-electron chi connectivity index (χ2n) is 6.13. The van der Waals surface area contributed by atoms with Gasteiger partial charge in [-0.15, -0.1) is 0 Å². The summed E-state index contributed by atoms with van der Waals surface area (Å²) >= 11 is 0. The summed E-state index contributed by atoms with van der Waals surface area (Å²) in [6.45, 7) is 1.67. The van der Waals surface area contributed by atoms with Gasteiger partial charge in [-0.1, -0.05) is 6.07 Å². The first-order chi connectivity index (χ1) is 11.1. The molecule has 5 heteroatoms. The Morgan fingerprint density at radius 3 is 2.22 bits per heavy atom. The van der Waals surface area contributed by atoms with Gasteiger partial charge in [0.1, 0.15) is 0 Å². The lowest BCUT2D eigenvalue weighted by molar-refractivity contribution is -0.146. The van der Waals surface area contributed by atoms with E-state index in [1.807, 2.05) is 0 Å². The van der Waals surface area contributed by atoms with Gasteiger partial charge in [-0.25, -0.2) is 9.59 Å². The minimum Gasteiger partial charge on any atom is -0.463 e. The molecule has 0 heterocycles. The maximum absolute atomic E-state index is 12.3. The summed E-state index contributed by atoms with van der Waals surface area (Å²) in [5.74, 6) is -0.516. The van der Waals surface area contributed by atoms with Crippen molar-refractivity contribution < 1.29 is 19.1 Å². The summed E-state index contributed by atoms with van der Waals surface area (Å²) in [6.07, 6.45) is 5.96. The molecule has 23 heavy (non-hydrogen) atoms. The van der Waals surface area contributed by atoms with Crippen LogP contribution in [-0.4, -0.2) is 32.3 Å². The first-order valence-corrected chi connectivity index (χ1v) is 8.34. The first-order valence-electron chi connectivity index (χ1n) is 8.34. The molecular weight excluding hydrogens is 294 g/mol. The van der Waals surface area contributed by atoms with E-state index in [0.717, 1.165) is 44.2 Å². The predicted molar refractivity (Wildman–Crippen MR) is 86.9 cm³/mol. The minimum absolute atomic E-state index is 0.284. The van der Waals surface area contributed by atoms with Crippen LogP contribution in [0.25, 0.3) is 0 Å². The largest absolute Gasteiger partial charge is 0.463 e. The van der Waals surface area contributed by atoms with E-state index < -0.39 is 12.1 Å². The molecule has 1 amide bonds. The molecule has 1 aromatic carbocycles. The Morgan fingerprint density at radius 2 is 1.65 bits per heavy atom. The Bertz CT molecular complexity index is 606. The number of aryl methyl sites for hydroxylation is 2. The summed E-state index contributed by atoms with van der Waals surface area (Å²) in [4.78, 5) is 25.3. The Morgan fingerprint density at radius 1 is 1.04 bits per heavy atom. The molecule has 0 saturated heterocycles. The highest BCUT2D eigenvalue weighted by molar-refractivity contribution is 5.91. The first kappa shape index (κ1) is 15.8. The number of ether oxygens (including phenoxy) is 2. The maximum Gasteiger partial charge on any atom is 0.414 e. The number of fused-ring (bicyclic) bond motifs is 2. The highest BCUT2D eigenvalue weighted by Gasteiger charge is 2.28. The van der Waals surface area contributed by atoms with Crippen molar-refractivity contribution in [2.24, 2.45) is 0 Å². The summed E-state index contributed by atoms with van der Waals surface area (Å²) in [7, 11) is 1.74. The number of carbonyl (C=O) groups excluding carboxylic acids is 2. The van der Waals surface area contributed by atoms with Gasteiger partial charge in [0.15, 0.2) is 6.61 Å². The second-order valence-corrected chi connectivity index (χ2v) is 6.13. The number of nitrogens with zero attached hydrogens (tertiary/aromatic N) is 1. The van der Waals surface area contributed by atoms with Gasteiger partial charge in [-0.05, 0) is 67.7 Å². The SMILES string of the molecule is CCOC(=O)COC(=O)N(C)c1c2c(cc3c1CCC3)CCC2. The number of benzene rings is 1. The quantitative estimate of drug-likeness (QED) is 0.801. The summed E-state index contributed by atoms with van der Waals surface area (Å²) < 4.78 is 9.90. The highest BCUT2D eigenvalue weighted by Crippen LogP contribution is 2.40. The van der Waals surface area contributed by atoms with Crippen LogP contribution in [0.3, 0.4) is 0 Å². The van der Waals surface area contributed by atoms with Gasteiger partial charge in [0.05, 0.1) is 12.3 Å². The van der Waals surface area contributed by atoms with Crippen LogP contribution in [0.15, 0.2) is 6.07 Å². The molecule has 0 saturated carbocycles. The lowest BCUT2D eigenvalue weighted by atomic mass is 9.98. The van der Waals surface area contributed by atoms with Crippen LogP contribution in [0.2, 0.25) is 0 Å². The number of hydrogen-bond acceptors (Lipinski definition) is 4. The van der Waals surface area contributed by atoms with Crippen molar-refractivity contribution >= 4 is 17.7 Å². The molecule has 0 radical (unpaired) electrons. The van der Waals surface area contributed by atoms with Gasteiger partial charge in [-0.2, -0.15) is 0 Å². The number of amides is 1. The third-order valence-electron chi connectivity index (χ3n) is 4.67. The van der Waals surface area contributed by atoms with Crippen molar-refractivity contribution in [2.75, 3.05) is 25.2 Å². The number of hydrogen-bond donors (Lipinski definition) is 0. The molecule has 124 valence electrons. The minimum atomic E-state index is -0.516. The van der Waals surface area contributed by atoms with E-state index in [1.165, 1.54) is 22.3 Å². The van der Waals surface area contributed by atoms with Crippen LogP contribution in [0.5, 0.6) is 0 Å². The average molecular weight is 317 g/mol. The topological polar surface area (TPSA) is 55.8 Å². The molecular formula is C18H23NO4. The van der Waals surface area contributed by atoms with Crippen LogP contribution >= 0.6 is 0 Å². The zero-order chi connectivity index (χ0) is 16.4. The Hall–Kier alpha value is -2.04. The van der Waals surface area contributed by atoms with Gasteiger partial charge in [0.25, 0.3) is 0 Å². The van der Waals surface area contributed by atoms with Gasteiger partial charge in [-0.3, -0.25) is 4.90 Å². The molecule has 0 bridgehead atoms. The molecule has 0 aliphatic heterocycles. The molecule has 0 N–H and O–H groups in total. The van der Waals surface area contributed by atoms with E-state index in [-0.39, 0.29) is 13.2 Å². The van der Waals surface area contributed by atoms with Crippen LogP contribution in [-0.2, 0) is 40.0 Å². The van der Waals surface area contributed by atoms with Crippen LogP contribution in [0, 0.1) is 0 Å². The Balaban J connectivity index is 1.81. The number of anilines is 1. The molecule has 2 aliphatic rings. The molecule has 0 aromatic heterocycles. The number of esters is 1. The van der Waals surface area contributed by atoms with Gasteiger partial charge < -0.3 is 9.47 Å². The van der Waals surface area contributed by atoms with Crippen LogP contribution in [0.4, 0.5) is 10.5 Å². The third-order valence-corrected chi connectivity index (χ3v) is 4.67. The molecule has 3 rings (SSSR count). The third kappa shape index (κ3) is 3.05. The fourth-order valence-corrected chi connectivity index (χ4v) is 3.70. The fraction of sp³-hybridized carbons (Fsp3) is 0.556. The van der Waals surface area contributed by atoms with Crippen LogP contribution < -0.4 is 4.90 Å². The van der Waals surface area contributed by atoms with E-state index >= 15 is 0 Å². The normalized spacial score (nSPS) is 15.0. The van der Waals surface area contributed by atoms with Gasteiger partial charge in [0, 0.05) is 7.05 Å². The lowest BCUT2D eigenvalue weighted by Crippen LogP contribution is -2.31. The van der Waals surface area contributed by atoms with E-state index in [9.17, 15) is 9.59 Å². The fourth-order valence-electron chi connectivity index (χ4n) is 3.70. The molecule has 0 fully saturated rings. The summed E-state index contributed by atoms with van der Waals surface area (Å²) in [5, 5.41) is 0. The van der Waals surface area contributed by atoms with Gasteiger partial charge in [0.2, 0.25) is 0 Å². The second kappa shape index (κ2) is 6.60. The van der Waals surface area contributed by atoms with E-state index in [0.29, 0.717) is 0 Å². The van der Waals surface area contributed by atoms with E-state index in [4.69, 9.17) is 9.47 Å². The standard InChI is InChI=1S/C18H23NO4/c1-3-22-16(20)11-23-18(21)19(2)17-14-8-4-6-12(14)10-13-7-5-9-15(13)17/h10H,3-9,11H2,1-2H3. The lowest BCUT2D eigenvalue weighted by Gasteiger charge is -2.23. The van der Waals surface area contributed by atoms with Crippen molar-refractivity contribution in [2.45, 2.75) is 45.4 Å². The Labute approximate surface area is 136 Å². The summed E-state index contributed by atoms with van der Waals surface area (Å²) in [6, 6.07) is 2.33. The number of rotatable bonds is 4. The molecule has 5 nitrogen and oxygen atoms in total. The molecule has 0 atom stereocenters. The molecule has 0 spiro atoms. The molecule has 2 aliphatic carbocycles. The van der Waals surface area contributed by atoms with Crippen LogP contribution in [0.1, 0.15) is 42.0 Å². The van der Waals surface area contributed by atoms with Crippen molar-refractivity contribution in [3.63, 3.8) is 0 Å². The summed E-state index contributed by atoms with van der Waals surface area (Å²) in [5.41, 5.74) is 6.31. The predicted octanol–water partition coefficient (Wildman–Crippen LogP) is 2.80. The van der Waals surface area contributed by atoms with Crippen molar-refractivity contribution in [1.82, 2.24) is 0 Å². The van der Waals surface area contributed by atoms with E-state index in [1.54, 1.807) is 18.9 Å². The van der Waals surface area contributed by atoms with Crippen molar-refractivity contribution in [3.8, 4) is 0 Å². The highest BCUT2D eigenvalue weighted by atomic mass is 16.6. The molecule has 1 aromatic rings. The Kier molecular flexibility index (Phi) is 4.55. The number of carbonyl (C=O) groups is 2. The maximum atomic E-state index is 12.3. The van der Waals surface area contributed by atoms with Gasteiger partial charge >= 0.3 is 12.1 Å². The zero-order valence-corrected chi connectivity index (χ0v) is 13.8. The average Bonchev–Trinajstić information content (AvgIpc) is 3.18. The van der Waals surface area contributed by atoms with E-state index in [2.05, 4.69) is 6.07 Å². The monoisotopic (exact) mass is 317 g/mol. The van der Waals surface area contributed by atoms with Crippen molar-refractivity contribution in [1.29, 1.82) is 0 Å². The molecule has 0 unspecified atom stereocenters. The zero-order valence-electron chi connectivity index (χ0n) is 13.8. The van der Waals surface area contributed by atoms with Crippen molar-refractivity contribution in [3.05, 3.63) is 28.3 Å².